The van der Waals surface area contributed by atoms with Gasteiger partial charge in [0.25, 0.3) is 11.6 Å². The van der Waals surface area contributed by atoms with Gasteiger partial charge in [-0.05, 0) is 42.0 Å². The summed E-state index contributed by atoms with van der Waals surface area (Å²) in [5.74, 6) is -0.443. The van der Waals surface area contributed by atoms with Crippen molar-refractivity contribution < 1.29 is 36.4 Å². The van der Waals surface area contributed by atoms with Gasteiger partial charge in [0.15, 0.2) is 9.84 Å². The number of nitro benzene ring substituents is 1. The van der Waals surface area contributed by atoms with Gasteiger partial charge < -0.3 is 14.8 Å². The topological polar surface area (TPSA) is 125 Å². The molecule has 34 heavy (non-hydrogen) atoms. The third-order valence-electron chi connectivity index (χ3n) is 4.65. The zero-order chi connectivity index (χ0) is 25.0. The fourth-order valence-corrected chi connectivity index (χ4v) is 3.72. The van der Waals surface area contributed by atoms with Crippen molar-refractivity contribution in [3.05, 3.63) is 76.3 Å². The number of nitrogens with zero attached hydrogens (tertiary/aromatic N) is 1. The maximum absolute atomic E-state index is 12.9. The lowest BCUT2D eigenvalue weighted by atomic mass is 10.0. The second kappa shape index (κ2) is 9.83. The molecule has 0 spiro atoms. The summed E-state index contributed by atoms with van der Waals surface area (Å²) in [7, 11) is -2.36. The normalized spacial score (nSPS) is 11.2. The van der Waals surface area contributed by atoms with Crippen LogP contribution in [0.25, 0.3) is 11.1 Å². The number of amides is 1. The lowest BCUT2D eigenvalue weighted by Gasteiger charge is -2.14. The lowest BCUT2D eigenvalue weighted by molar-refractivity contribution is -0.385. The Balaban J connectivity index is 2.00. The minimum atomic E-state index is -3.84. The number of methoxy groups -OCH3 is 1. The van der Waals surface area contributed by atoms with Gasteiger partial charge in [0, 0.05) is 35.2 Å². The second-order valence-electron chi connectivity index (χ2n) is 7.02. The highest BCUT2D eigenvalue weighted by Crippen LogP contribution is 2.35. The molecule has 12 heteroatoms. The van der Waals surface area contributed by atoms with Crippen molar-refractivity contribution in [1.82, 2.24) is 0 Å². The molecule has 3 aromatic rings. The van der Waals surface area contributed by atoms with Gasteiger partial charge in [-0.1, -0.05) is 12.1 Å². The van der Waals surface area contributed by atoms with E-state index in [0.29, 0.717) is 11.3 Å². The van der Waals surface area contributed by atoms with Gasteiger partial charge in [-0.25, -0.2) is 8.42 Å². The largest absolute Gasteiger partial charge is 0.497 e. The summed E-state index contributed by atoms with van der Waals surface area (Å²) in [4.78, 5) is 22.7. The van der Waals surface area contributed by atoms with E-state index < -0.39 is 37.9 Å². The third kappa shape index (κ3) is 5.84. The van der Waals surface area contributed by atoms with E-state index in [2.05, 4.69) is 10.1 Å². The average Bonchev–Trinajstić information content (AvgIpc) is 2.79. The molecule has 0 unspecified atom stereocenters. The number of hydrogen-bond acceptors (Lipinski definition) is 7. The van der Waals surface area contributed by atoms with Crippen LogP contribution in [0.4, 0.5) is 20.2 Å². The SMILES string of the molecule is COc1ccc(-c2cc(NC(=O)c3cc([N+](=O)[O-])cc(S(C)(=O)=O)c3)ccc2OC(F)F)cc1. The minimum absolute atomic E-state index is 0.145. The number of nitrogens with one attached hydrogen (secondary N) is 1. The fraction of sp³-hybridized carbons (Fsp3) is 0.136. The molecular weight excluding hydrogens is 474 g/mol. The molecule has 1 amide bonds. The lowest BCUT2D eigenvalue weighted by Crippen LogP contribution is -2.14. The van der Waals surface area contributed by atoms with Crippen LogP contribution in [-0.4, -0.2) is 39.2 Å². The van der Waals surface area contributed by atoms with Gasteiger partial charge in [0.2, 0.25) is 0 Å². The van der Waals surface area contributed by atoms with E-state index >= 15 is 0 Å². The minimum Gasteiger partial charge on any atom is -0.497 e. The van der Waals surface area contributed by atoms with Crippen LogP contribution < -0.4 is 14.8 Å². The van der Waals surface area contributed by atoms with Crippen LogP contribution in [0.2, 0.25) is 0 Å². The molecule has 1 N–H and O–H groups in total. The zero-order valence-electron chi connectivity index (χ0n) is 17.8. The molecule has 0 fully saturated rings. The van der Waals surface area contributed by atoms with E-state index in [1.807, 2.05) is 0 Å². The van der Waals surface area contributed by atoms with Gasteiger partial charge in [0.1, 0.15) is 11.5 Å². The highest BCUT2D eigenvalue weighted by Gasteiger charge is 2.20. The number of carbonyl (C=O) groups is 1. The van der Waals surface area contributed by atoms with E-state index in [0.717, 1.165) is 24.5 Å². The Morgan fingerprint density at radius 2 is 1.74 bits per heavy atom. The predicted octanol–water partition coefficient (Wildman–Crippen LogP) is 4.53. The van der Waals surface area contributed by atoms with Gasteiger partial charge >= 0.3 is 6.61 Å². The molecule has 0 aliphatic rings. The number of sulfone groups is 1. The van der Waals surface area contributed by atoms with E-state index in [4.69, 9.17) is 4.74 Å². The van der Waals surface area contributed by atoms with E-state index in [1.165, 1.54) is 25.3 Å². The molecule has 0 aromatic heterocycles. The van der Waals surface area contributed by atoms with E-state index in [-0.39, 0.29) is 22.6 Å². The Morgan fingerprint density at radius 3 is 2.29 bits per heavy atom. The maximum Gasteiger partial charge on any atom is 0.387 e. The first kappa shape index (κ1) is 24.6. The number of benzene rings is 3. The Bertz CT molecular complexity index is 1340. The molecule has 0 saturated carbocycles. The first-order valence-corrected chi connectivity index (χ1v) is 11.4. The number of non-ortho nitro benzene ring substituents is 1. The maximum atomic E-state index is 12.9. The molecule has 3 rings (SSSR count). The summed E-state index contributed by atoms with van der Waals surface area (Å²) in [6.45, 7) is -3.09. The summed E-state index contributed by atoms with van der Waals surface area (Å²) in [6, 6.07) is 13.2. The molecule has 0 aliphatic carbocycles. The Morgan fingerprint density at radius 1 is 1.06 bits per heavy atom. The first-order chi connectivity index (χ1) is 16.0. The summed E-state index contributed by atoms with van der Waals surface area (Å²) >= 11 is 0. The van der Waals surface area contributed by atoms with Crippen molar-refractivity contribution in [2.45, 2.75) is 11.5 Å². The van der Waals surface area contributed by atoms with Crippen molar-refractivity contribution in [2.24, 2.45) is 0 Å². The quantitative estimate of drug-likeness (QED) is 0.362. The van der Waals surface area contributed by atoms with Crippen LogP contribution in [-0.2, 0) is 9.84 Å². The van der Waals surface area contributed by atoms with E-state index in [9.17, 15) is 32.1 Å². The van der Waals surface area contributed by atoms with Crippen LogP contribution in [0.15, 0.2) is 65.6 Å². The monoisotopic (exact) mass is 492 g/mol. The molecule has 0 saturated heterocycles. The van der Waals surface area contributed by atoms with Crippen LogP contribution in [0.5, 0.6) is 11.5 Å². The number of rotatable bonds is 8. The number of anilines is 1. The van der Waals surface area contributed by atoms with Gasteiger partial charge in [0.05, 0.1) is 16.9 Å². The molecule has 9 nitrogen and oxygen atoms in total. The predicted molar refractivity (Wildman–Crippen MR) is 119 cm³/mol. The van der Waals surface area contributed by atoms with Gasteiger partial charge in [-0.15, -0.1) is 0 Å². The molecule has 0 heterocycles. The van der Waals surface area contributed by atoms with Crippen LogP contribution in [0.3, 0.4) is 0 Å². The Kier molecular flexibility index (Phi) is 7.11. The molecular formula is C22H18F2N2O7S. The van der Waals surface area contributed by atoms with Gasteiger partial charge in [-0.3, -0.25) is 14.9 Å². The number of halogens is 2. The summed E-state index contributed by atoms with van der Waals surface area (Å²) in [5.41, 5.74) is 0.0323. The molecule has 0 radical (unpaired) electrons. The van der Waals surface area contributed by atoms with Crippen molar-refractivity contribution in [1.29, 1.82) is 0 Å². The van der Waals surface area contributed by atoms with Crippen LogP contribution in [0.1, 0.15) is 10.4 Å². The summed E-state index contributed by atoms with van der Waals surface area (Å²) in [6.07, 6.45) is 0.858. The average molecular weight is 492 g/mol. The molecule has 0 aliphatic heterocycles. The number of hydrogen-bond donors (Lipinski definition) is 1. The smallest absolute Gasteiger partial charge is 0.387 e. The standard InChI is InChI=1S/C22H18F2N2O7S/c1-32-17-6-3-13(4-7-17)19-11-15(5-8-20(19)33-22(23)24)25-21(27)14-9-16(26(28)29)12-18(10-14)34(2,30)31/h3-12,22H,1-2H3,(H,25,27). The van der Waals surface area contributed by atoms with Gasteiger partial charge in [-0.2, -0.15) is 8.78 Å². The molecule has 178 valence electrons. The summed E-state index contributed by atoms with van der Waals surface area (Å²) in [5, 5.41) is 13.7. The number of carbonyl (C=O) groups excluding carboxylic acids is 1. The van der Waals surface area contributed by atoms with Crippen molar-refractivity contribution in [3.63, 3.8) is 0 Å². The number of alkyl halides is 2. The highest BCUT2D eigenvalue weighted by atomic mass is 32.2. The van der Waals surface area contributed by atoms with Crippen molar-refractivity contribution >= 4 is 27.1 Å². The third-order valence-corrected chi connectivity index (χ3v) is 5.74. The van der Waals surface area contributed by atoms with Crippen molar-refractivity contribution in [2.75, 3.05) is 18.7 Å². The van der Waals surface area contributed by atoms with Crippen LogP contribution in [0, 0.1) is 10.1 Å². The molecule has 0 bridgehead atoms. The van der Waals surface area contributed by atoms with Crippen LogP contribution >= 0.6 is 0 Å². The fourth-order valence-electron chi connectivity index (χ4n) is 3.04. The molecule has 3 aromatic carbocycles. The Labute approximate surface area is 193 Å². The summed E-state index contributed by atoms with van der Waals surface area (Å²) < 4.78 is 59.2. The number of ether oxygens (including phenoxy) is 2. The zero-order valence-corrected chi connectivity index (χ0v) is 18.6. The second-order valence-corrected chi connectivity index (χ2v) is 9.03. The van der Waals surface area contributed by atoms with Crippen molar-refractivity contribution in [3.8, 4) is 22.6 Å². The number of nitro groups is 1. The first-order valence-electron chi connectivity index (χ1n) is 9.52. The Hall–Kier alpha value is -4.06. The highest BCUT2D eigenvalue weighted by molar-refractivity contribution is 7.90. The molecule has 0 atom stereocenters. The van der Waals surface area contributed by atoms with E-state index in [1.54, 1.807) is 24.3 Å².